The van der Waals surface area contributed by atoms with Crippen molar-refractivity contribution in [1.82, 2.24) is 36.4 Å². The van der Waals surface area contributed by atoms with Crippen molar-refractivity contribution in [2.24, 2.45) is 17.3 Å². The molecule has 0 spiro atoms. The Labute approximate surface area is 306 Å². The van der Waals surface area contributed by atoms with E-state index in [2.05, 4.69) is 26.6 Å². The van der Waals surface area contributed by atoms with Crippen molar-refractivity contribution in [2.75, 3.05) is 20.6 Å². The van der Waals surface area contributed by atoms with Crippen molar-refractivity contribution < 1.29 is 33.6 Å². The third-order valence-electron chi connectivity index (χ3n) is 10.2. The minimum atomic E-state index is -1.15. The van der Waals surface area contributed by atoms with E-state index in [1.807, 2.05) is 41.5 Å². The number of piperidine rings is 1. The van der Waals surface area contributed by atoms with Gasteiger partial charge in [-0.2, -0.15) is 0 Å². The van der Waals surface area contributed by atoms with Gasteiger partial charge in [0.2, 0.25) is 29.4 Å². The number of likely N-dealkylation sites (tertiary alicyclic amines) is 1. The van der Waals surface area contributed by atoms with Gasteiger partial charge in [-0.15, -0.1) is 0 Å². The molecule has 7 amide bonds. The van der Waals surface area contributed by atoms with Gasteiger partial charge in [-0.25, -0.2) is 4.79 Å². The molecule has 1 aromatic rings. The number of hydrogen-bond acceptors (Lipinski definition) is 7. The zero-order valence-electron chi connectivity index (χ0n) is 31.8. The number of rotatable bonds is 13. The summed E-state index contributed by atoms with van der Waals surface area (Å²) in [6, 6.07) is 4.07. The number of nitrogens with one attached hydrogen (secondary N) is 5. The van der Waals surface area contributed by atoms with E-state index in [0.29, 0.717) is 12.0 Å². The van der Waals surface area contributed by atoms with E-state index in [-0.39, 0.29) is 36.1 Å². The summed E-state index contributed by atoms with van der Waals surface area (Å²) in [5.41, 5.74) is -0.645. The van der Waals surface area contributed by atoms with E-state index in [9.17, 15) is 33.6 Å². The molecule has 1 aliphatic heterocycles. The first kappa shape index (κ1) is 40.3. The van der Waals surface area contributed by atoms with Gasteiger partial charge in [-0.05, 0) is 69.3 Å². The maximum Gasteiger partial charge on any atom is 0.315 e. The average Bonchev–Trinajstić information content (AvgIpc) is 3.66. The Morgan fingerprint density at radius 1 is 0.865 bits per heavy atom. The molecular formula is C38H57N7O7. The molecule has 14 heteroatoms. The Kier molecular flexibility index (Phi) is 12.7. The van der Waals surface area contributed by atoms with Gasteiger partial charge in [0.25, 0.3) is 5.91 Å². The molecule has 0 radical (unpaired) electrons. The number of likely N-dealkylation sites (N-methyl/N-ethyl adjacent to an activating group) is 1. The molecule has 2 bridgehead atoms. The second-order valence-corrected chi connectivity index (χ2v) is 16.8. The van der Waals surface area contributed by atoms with Crippen LogP contribution in [0.3, 0.4) is 0 Å². The molecule has 2 saturated carbocycles. The quantitative estimate of drug-likeness (QED) is 0.193. The lowest BCUT2D eigenvalue weighted by atomic mass is 9.80. The SMILES string of the molecule is CN(C)C(=O)[C@@H](NC(=O)CNC(=O)C(=O)C(CC1CCC1)NC(=O)[C@@H]1C2CCC(C2)N1C(=O)[C@@H](NC(=O)NC(C)(C)C)C(C)(C)C)c1ccccc1. The van der Waals surface area contributed by atoms with E-state index < -0.39 is 71.2 Å². The van der Waals surface area contributed by atoms with E-state index in [4.69, 9.17) is 0 Å². The average molecular weight is 724 g/mol. The van der Waals surface area contributed by atoms with Gasteiger partial charge in [-0.1, -0.05) is 70.4 Å². The van der Waals surface area contributed by atoms with Gasteiger partial charge in [0, 0.05) is 25.7 Å². The highest BCUT2D eigenvalue weighted by Gasteiger charge is 2.54. The second-order valence-electron chi connectivity index (χ2n) is 16.8. The first-order valence-corrected chi connectivity index (χ1v) is 18.4. The number of carbonyl (C=O) groups is 7. The smallest absolute Gasteiger partial charge is 0.315 e. The number of benzene rings is 1. The first-order valence-electron chi connectivity index (χ1n) is 18.4. The summed E-state index contributed by atoms with van der Waals surface area (Å²) in [6.07, 6.45) is 5.06. The van der Waals surface area contributed by atoms with Gasteiger partial charge in [-0.3, -0.25) is 28.8 Å². The fraction of sp³-hybridized carbons (Fsp3) is 0.658. The van der Waals surface area contributed by atoms with Crippen LogP contribution in [0.4, 0.5) is 4.79 Å². The van der Waals surface area contributed by atoms with Crippen molar-refractivity contribution in [3.63, 3.8) is 0 Å². The highest BCUT2D eigenvalue weighted by atomic mass is 16.2. The number of ketones is 1. The number of hydrogen-bond donors (Lipinski definition) is 5. The van der Waals surface area contributed by atoms with E-state index in [0.717, 1.165) is 32.1 Å². The molecular weight excluding hydrogens is 666 g/mol. The van der Waals surface area contributed by atoms with Crippen LogP contribution in [-0.2, 0) is 28.8 Å². The molecule has 3 aliphatic rings. The van der Waals surface area contributed by atoms with Gasteiger partial charge in [0.1, 0.15) is 18.1 Å². The summed E-state index contributed by atoms with van der Waals surface area (Å²) in [6.45, 7) is 10.5. The molecule has 4 rings (SSSR count). The number of amides is 7. The summed E-state index contributed by atoms with van der Waals surface area (Å²) < 4.78 is 0. The van der Waals surface area contributed by atoms with Crippen LogP contribution in [0.25, 0.3) is 0 Å². The van der Waals surface area contributed by atoms with Gasteiger partial charge in [0.05, 0.1) is 12.6 Å². The molecule has 52 heavy (non-hydrogen) atoms. The fourth-order valence-corrected chi connectivity index (χ4v) is 7.31. The van der Waals surface area contributed by atoms with Gasteiger partial charge in [0.15, 0.2) is 0 Å². The number of Topliss-reactive ketones (excluding diaryl/α,β-unsaturated/α-hetero) is 1. The van der Waals surface area contributed by atoms with Crippen molar-refractivity contribution in [2.45, 2.75) is 122 Å². The molecule has 5 N–H and O–H groups in total. The predicted molar refractivity (Wildman–Crippen MR) is 194 cm³/mol. The van der Waals surface area contributed by atoms with Gasteiger partial charge < -0.3 is 36.4 Å². The first-order chi connectivity index (χ1) is 24.3. The third-order valence-corrected chi connectivity index (χ3v) is 10.2. The standard InChI is InChI=1S/C38H57N7O7/c1-37(2,3)31(42-36(52)43-38(4,5)6)35(51)45-25-18-17-24(20-25)29(45)32(48)40-26(19-22-13-12-14-22)30(47)33(49)39-21-27(46)41-28(34(50)44(7)8)23-15-10-9-11-16-23/h9-11,15-16,22,24-26,28-29,31H,12-14,17-21H2,1-8H3,(H,39,49)(H,40,48)(H,41,46)(H2,42,43,52)/t24?,25?,26?,28-,29-,31+/m0/s1. The lowest BCUT2D eigenvalue weighted by Crippen LogP contribution is -2.63. The van der Waals surface area contributed by atoms with Crippen LogP contribution in [-0.4, -0.2) is 101 Å². The number of nitrogens with zero attached hydrogens (tertiary/aromatic N) is 2. The van der Waals surface area contributed by atoms with Crippen LogP contribution in [0, 0.1) is 17.3 Å². The van der Waals surface area contributed by atoms with Crippen LogP contribution in [0.5, 0.6) is 0 Å². The van der Waals surface area contributed by atoms with E-state index in [1.165, 1.54) is 4.90 Å². The molecule has 14 nitrogen and oxygen atoms in total. The van der Waals surface area contributed by atoms with Crippen molar-refractivity contribution in [3.05, 3.63) is 35.9 Å². The highest BCUT2D eigenvalue weighted by Crippen LogP contribution is 2.44. The van der Waals surface area contributed by atoms with Crippen molar-refractivity contribution >= 4 is 41.4 Å². The third kappa shape index (κ3) is 10.1. The second kappa shape index (κ2) is 16.5. The summed E-state index contributed by atoms with van der Waals surface area (Å²) >= 11 is 0. The summed E-state index contributed by atoms with van der Waals surface area (Å²) in [7, 11) is 3.14. The maximum atomic E-state index is 14.3. The Balaban J connectivity index is 1.46. The largest absolute Gasteiger partial charge is 0.347 e. The minimum absolute atomic E-state index is 0.127. The minimum Gasteiger partial charge on any atom is -0.347 e. The van der Waals surface area contributed by atoms with Crippen LogP contribution >= 0.6 is 0 Å². The molecule has 3 fully saturated rings. The molecule has 0 aromatic heterocycles. The van der Waals surface area contributed by atoms with Crippen LogP contribution < -0.4 is 26.6 Å². The molecule has 286 valence electrons. The normalized spacial score (nSPS) is 21.5. The van der Waals surface area contributed by atoms with E-state index in [1.54, 1.807) is 49.3 Å². The number of carbonyl (C=O) groups excluding carboxylic acids is 7. The van der Waals surface area contributed by atoms with Gasteiger partial charge >= 0.3 is 6.03 Å². The van der Waals surface area contributed by atoms with Crippen molar-refractivity contribution in [3.8, 4) is 0 Å². The van der Waals surface area contributed by atoms with Crippen molar-refractivity contribution in [1.29, 1.82) is 0 Å². The maximum absolute atomic E-state index is 14.3. The summed E-state index contributed by atoms with van der Waals surface area (Å²) in [5.74, 6) is -3.81. The number of fused-ring (bicyclic) bond motifs is 2. The summed E-state index contributed by atoms with van der Waals surface area (Å²) in [4.78, 5) is 96.8. The Morgan fingerprint density at radius 2 is 1.52 bits per heavy atom. The Hall–Kier alpha value is -4.49. The number of urea groups is 1. The van der Waals surface area contributed by atoms with E-state index >= 15 is 0 Å². The Morgan fingerprint density at radius 3 is 2.08 bits per heavy atom. The van der Waals surface area contributed by atoms with Crippen LogP contribution in [0.2, 0.25) is 0 Å². The molecule has 2 aliphatic carbocycles. The summed E-state index contributed by atoms with van der Waals surface area (Å²) in [5, 5.41) is 13.5. The molecule has 1 aromatic carbocycles. The molecule has 1 saturated heterocycles. The fourth-order valence-electron chi connectivity index (χ4n) is 7.31. The highest BCUT2D eigenvalue weighted by molar-refractivity contribution is 6.38. The zero-order valence-corrected chi connectivity index (χ0v) is 31.8. The topological polar surface area (TPSA) is 186 Å². The lowest BCUT2D eigenvalue weighted by molar-refractivity contribution is -0.147. The molecule has 3 unspecified atom stereocenters. The molecule has 1 heterocycles. The monoisotopic (exact) mass is 723 g/mol. The lowest BCUT2D eigenvalue weighted by Gasteiger charge is -2.41. The zero-order chi connectivity index (χ0) is 38.5. The van der Waals surface area contributed by atoms with Crippen LogP contribution in [0.15, 0.2) is 30.3 Å². The predicted octanol–water partition coefficient (Wildman–Crippen LogP) is 2.18. The molecule has 6 atom stereocenters. The Bertz CT molecular complexity index is 1510. The van der Waals surface area contributed by atoms with Crippen LogP contribution in [0.1, 0.15) is 98.1 Å².